The first-order valence-corrected chi connectivity index (χ1v) is 6.89. The molecule has 0 fully saturated rings. The minimum absolute atomic E-state index is 0.219. The van der Waals surface area contributed by atoms with Gasteiger partial charge in [0.1, 0.15) is 5.82 Å². The van der Waals surface area contributed by atoms with Gasteiger partial charge in [0.2, 0.25) is 0 Å². The van der Waals surface area contributed by atoms with Gasteiger partial charge in [0.15, 0.2) is 0 Å². The van der Waals surface area contributed by atoms with E-state index < -0.39 is 0 Å². The Balaban J connectivity index is 1.89. The van der Waals surface area contributed by atoms with Crippen LogP contribution in [0.1, 0.15) is 16.7 Å². The van der Waals surface area contributed by atoms with Gasteiger partial charge in [0, 0.05) is 25.2 Å². The number of hydrogen-bond acceptors (Lipinski definition) is 2. The minimum atomic E-state index is -0.219. The summed E-state index contributed by atoms with van der Waals surface area (Å²) in [5.41, 5.74) is 8.55. The van der Waals surface area contributed by atoms with Crippen LogP contribution in [0.5, 0.6) is 0 Å². The van der Waals surface area contributed by atoms with E-state index in [0.29, 0.717) is 5.56 Å². The van der Waals surface area contributed by atoms with E-state index in [9.17, 15) is 4.39 Å². The highest BCUT2D eigenvalue weighted by atomic mass is 19.1. The van der Waals surface area contributed by atoms with E-state index in [4.69, 9.17) is 5.73 Å². The lowest BCUT2D eigenvalue weighted by Gasteiger charge is -2.17. The summed E-state index contributed by atoms with van der Waals surface area (Å²) in [7, 11) is 2.08. The highest BCUT2D eigenvalue weighted by Crippen LogP contribution is 2.12. The molecule has 3 heteroatoms. The lowest BCUT2D eigenvalue weighted by molar-refractivity contribution is 0.331. The summed E-state index contributed by atoms with van der Waals surface area (Å²) in [4.78, 5) is 2.24. The fraction of sp³-hybridized carbons (Fsp3) is 0.294. The first kappa shape index (κ1) is 14.7. The molecule has 0 atom stereocenters. The van der Waals surface area contributed by atoms with E-state index in [1.54, 1.807) is 0 Å². The van der Waals surface area contributed by atoms with Gasteiger partial charge in [-0.15, -0.1) is 0 Å². The van der Waals surface area contributed by atoms with Crippen LogP contribution in [-0.2, 0) is 19.5 Å². The second kappa shape index (κ2) is 7.17. The molecule has 0 aliphatic rings. The molecule has 0 aliphatic heterocycles. The largest absolute Gasteiger partial charge is 0.326 e. The number of halogens is 1. The number of likely N-dealkylation sites (N-methyl/N-ethyl adjacent to an activating group) is 1. The maximum atomic E-state index is 13.4. The van der Waals surface area contributed by atoms with Gasteiger partial charge in [-0.1, -0.05) is 42.5 Å². The van der Waals surface area contributed by atoms with Crippen molar-refractivity contribution < 1.29 is 4.39 Å². The van der Waals surface area contributed by atoms with Crippen molar-refractivity contribution in [3.63, 3.8) is 0 Å². The molecule has 2 rings (SSSR count). The molecule has 2 nitrogen and oxygen atoms in total. The minimum Gasteiger partial charge on any atom is -0.326 e. The van der Waals surface area contributed by atoms with Crippen LogP contribution in [0, 0.1) is 5.82 Å². The van der Waals surface area contributed by atoms with Crippen LogP contribution in [0.2, 0.25) is 0 Å². The Morgan fingerprint density at radius 3 is 2.50 bits per heavy atom. The zero-order valence-electron chi connectivity index (χ0n) is 11.8. The average molecular weight is 272 g/mol. The summed E-state index contributed by atoms with van der Waals surface area (Å²) < 4.78 is 13.4. The highest BCUT2D eigenvalue weighted by Gasteiger charge is 2.05. The molecule has 0 amide bonds. The van der Waals surface area contributed by atoms with Crippen LogP contribution in [0.25, 0.3) is 0 Å². The number of nitrogens with zero attached hydrogens (tertiary/aromatic N) is 1. The summed E-state index contributed by atoms with van der Waals surface area (Å²) in [6, 6.07) is 15.6. The van der Waals surface area contributed by atoms with E-state index in [2.05, 4.69) is 36.2 Å². The topological polar surface area (TPSA) is 29.3 Å². The molecule has 0 aromatic heterocycles. The molecule has 0 aliphatic carbocycles. The predicted octanol–water partition coefficient (Wildman–Crippen LogP) is 2.96. The molecule has 0 saturated carbocycles. The standard InChI is InChI=1S/C17H21FN2/c1-20(10-9-14-5-3-2-4-6-14)13-15-7-8-17(18)16(11-15)12-19/h2-8,11H,9-10,12-13,19H2,1H3. The molecule has 0 unspecified atom stereocenters. The van der Waals surface area contributed by atoms with E-state index >= 15 is 0 Å². The van der Waals surface area contributed by atoms with E-state index in [1.807, 2.05) is 18.2 Å². The number of benzene rings is 2. The lowest BCUT2D eigenvalue weighted by Crippen LogP contribution is -2.21. The summed E-state index contributed by atoms with van der Waals surface area (Å²) in [5.74, 6) is -0.219. The normalized spacial score (nSPS) is 11.0. The van der Waals surface area contributed by atoms with E-state index in [1.165, 1.54) is 11.6 Å². The van der Waals surface area contributed by atoms with Crippen molar-refractivity contribution in [2.24, 2.45) is 5.73 Å². The van der Waals surface area contributed by atoms with Crippen molar-refractivity contribution in [1.82, 2.24) is 4.90 Å². The van der Waals surface area contributed by atoms with Gasteiger partial charge in [-0.05, 0) is 30.7 Å². The van der Waals surface area contributed by atoms with Gasteiger partial charge in [0.05, 0.1) is 0 Å². The lowest BCUT2D eigenvalue weighted by atomic mass is 10.1. The zero-order chi connectivity index (χ0) is 14.4. The van der Waals surface area contributed by atoms with Crippen molar-refractivity contribution >= 4 is 0 Å². The van der Waals surface area contributed by atoms with E-state index in [0.717, 1.165) is 25.1 Å². The van der Waals surface area contributed by atoms with Gasteiger partial charge >= 0.3 is 0 Å². The van der Waals surface area contributed by atoms with Gasteiger partial charge < -0.3 is 10.6 Å². The molecule has 2 aromatic carbocycles. The quantitative estimate of drug-likeness (QED) is 0.876. The maximum Gasteiger partial charge on any atom is 0.127 e. The molecule has 0 bridgehead atoms. The Morgan fingerprint density at radius 1 is 1.05 bits per heavy atom. The second-order valence-corrected chi connectivity index (χ2v) is 5.10. The molecule has 0 radical (unpaired) electrons. The zero-order valence-corrected chi connectivity index (χ0v) is 11.8. The Hall–Kier alpha value is -1.71. The highest BCUT2D eigenvalue weighted by molar-refractivity contribution is 5.25. The smallest absolute Gasteiger partial charge is 0.127 e. The van der Waals surface area contributed by atoms with Crippen LogP contribution >= 0.6 is 0 Å². The van der Waals surface area contributed by atoms with Crippen LogP contribution in [-0.4, -0.2) is 18.5 Å². The monoisotopic (exact) mass is 272 g/mol. The van der Waals surface area contributed by atoms with Gasteiger partial charge in [-0.3, -0.25) is 0 Å². The van der Waals surface area contributed by atoms with Gasteiger partial charge in [-0.2, -0.15) is 0 Å². The van der Waals surface area contributed by atoms with Crippen LogP contribution in [0.4, 0.5) is 4.39 Å². The summed E-state index contributed by atoms with van der Waals surface area (Å²) in [5, 5.41) is 0. The summed E-state index contributed by atoms with van der Waals surface area (Å²) >= 11 is 0. The van der Waals surface area contributed by atoms with Crippen LogP contribution in [0.3, 0.4) is 0 Å². The summed E-state index contributed by atoms with van der Waals surface area (Å²) in [6.45, 7) is 2.02. The molecule has 2 aromatic rings. The SMILES string of the molecule is CN(CCc1ccccc1)Cc1ccc(F)c(CN)c1. The summed E-state index contributed by atoms with van der Waals surface area (Å²) in [6.07, 6.45) is 1.02. The molecule has 20 heavy (non-hydrogen) atoms. The first-order chi connectivity index (χ1) is 9.69. The average Bonchev–Trinajstić information content (AvgIpc) is 2.48. The predicted molar refractivity (Wildman–Crippen MR) is 80.8 cm³/mol. The Labute approximate surface area is 120 Å². The Bertz CT molecular complexity index is 540. The van der Waals surface area contributed by atoms with Crippen molar-refractivity contribution in [2.45, 2.75) is 19.5 Å². The van der Waals surface area contributed by atoms with Crippen molar-refractivity contribution in [2.75, 3.05) is 13.6 Å². The Kier molecular flexibility index (Phi) is 5.27. The van der Waals surface area contributed by atoms with Gasteiger partial charge in [0.25, 0.3) is 0 Å². The third kappa shape index (κ3) is 4.15. The molecule has 0 heterocycles. The third-order valence-corrected chi connectivity index (χ3v) is 3.41. The fourth-order valence-corrected chi connectivity index (χ4v) is 2.24. The molecule has 2 N–H and O–H groups in total. The molecular weight excluding hydrogens is 251 g/mol. The maximum absolute atomic E-state index is 13.4. The third-order valence-electron chi connectivity index (χ3n) is 3.41. The molecular formula is C17H21FN2. The second-order valence-electron chi connectivity index (χ2n) is 5.10. The van der Waals surface area contributed by atoms with Crippen LogP contribution < -0.4 is 5.73 Å². The van der Waals surface area contributed by atoms with E-state index in [-0.39, 0.29) is 12.4 Å². The first-order valence-electron chi connectivity index (χ1n) is 6.89. The number of hydrogen-bond donors (Lipinski definition) is 1. The molecule has 0 saturated heterocycles. The Morgan fingerprint density at radius 2 is 1.80 bits per heavy atom. The van der Waals surface area contributed by atoms with Crippen LogP contribution in [0.15, 0.2) is 48.5 Å². The fourth-order valence-electron chi connectivity index (χ4n) is 2.24. The number of rotatable bonds is 6. The molecule has 0 spiro atoms. The van der Waals surface area contributed by atoms with Crippen molar-refractivity contribution in [3.05, 3.63) is 71.0 Å². The van der Waals surface area contributed by atoms with Crippen molar-refractivity contribution in [1.29, 1.82) is 0 Å². The van der Waals surface area contributed by atoms with Crippen molar-refractivity contribution in [3.8, 4) is 0 Å². The van der Waals surface area contributed by atoms with Gasteiger partial charge in [-0.25, -0.2) is 4.39 Å². The molecule has 106 valence electrons. The number of nitrogens with two attached hydrogens (primary N) is 1.